The highest BCUT2D eigenvalue weighted by molar-refractivity contribution is 7.12. The number of rotatable bonds is 2. The molecule has 1 aliphatic rings. The summed E-state index contributed by atoms with van der Waals surface area (Å²) in [6.45, 7) is 4.46. The van der Waals surface area contributed by atoms with Crippen molar-refractivity contribution in [3.8, 4) is 0 Å². The molecular formula is C12H16N2O2S. The lowest BCUT2D eigenvalue weighted by Crippen LogP contribution is -2.50. The molecule has 0 aromatic carbocycles. The van der Waals surface area contributed by atoms with E-state index in [-0.39, 0.29) is 11.8 Å². The lowest BCUT2D eigenvalue weighted by atomic mass is 10.2. The third kappa shape index (κ3) is 2.66. The first-order valence-electron chi connectivity index (χ1n) is 5.83. The fourth-order valence-corrected chi connectivity index (χ4v) is 2.63. The van der Waals surface area contributed by atoms with E-state index in [0.717, 1.165) is 4.88 Å². The molecule has 0 unspecified atom stereocenters. The first kappa shape index (κ1) is 12.1. The Bertz CT molecular complexity index is 395. The summed E-state index contributed by atoms with van der Waals surface area (Å²) in [6, 6.07) is 3.73. The number of carbonyl (C=O) groups excluding carboxylic acids is 2. The molecule has 1 saturated heterocycles. The van der Waals surface area contributed by atoms with Gasteiger partial charge in [0.05, 0.1) is 4.88 Å². The van der Waals surface area contributed by atoms with Crippen LogP contribution < -0.4 is 0 Å². The average molecular weight is 252 g/mol. The second-order valence-electron chi connectivity index (χ2n) is 4.00. The summed E-state index contributed by atoms with van der Waals surface area (Å²) >= 11 is 1.46. The van der Waals surface area contributed by atoms with Gasteiger partial charge in [0.2, 0.25) is 5.91 Å². The third-order valence-electron chi connectivity index (χ3n) is 2.95. The van der Waals surface area contributed by atoms with E-state index in [1.165, 1.54) is 11.3 Å². The van der Waals surface area contributed by atoms with Gasteiger partial charge >= 0.3 is 0 Å². The summed E-state index contributed by atoms with van der Waals surface area (Å²) in [5, 5.41) is 1.91. The predicted octanol–water partition coefficient (Wildman–Crippen LogP) is 1.44. The second-order valence-corrected chi connectivity index (χ2v) is 4.95. The van der Waals surface area contributed by atoms with Crippen LogP contribution in [0.5, 0.6) is 0 Å². The molecule has 0 spiro atoms. The summed E-state index contributed by atoms with van der Waals surface area (Å²) in [6.07, 6.45) is 0.541. The third-order valence-corrected chi connectivity index (χ3v) is 3.81. The number of hydrogen-bond donors (Lipinski definition) is 0. The van der Waals surface area contributed by atoms with Crippen molar-refractivity contribution in [2.24, 2.45) is 0 Å². The van der Waals surface area contributed by atoms with E-state index < -0.39 is 0 Å². The molecule has 0 saturated carbocycles. The minimum absolute atomic E-state index is 0.0867. The zero-order chi connectivity index (χ0) is 12.3. The van der Waals surface area contributed by atoms with Crippen LogP contribution in [0.25, 0.3) is 0 Å². The number of piperazine rings is 1. The molecule has 1 fully saturated rings. The van der Waals surface area contributed by atoms with Gasteiger partial charge in [0.25, 0.3) is 5.91 Å². The van der Waals surface area contributed by atoms with E-state index >= 15 is 0 Å². The largest absolute Gasteiger partial charge is 0.339 e. The SMILES string of the molecule is CCC(=O)N1CCN(C(=O)c2cccs2)CC1. The van der Waals surface area contributed by atoms with Gasteiger partial charge in [-0.15, -0.1) is 11.3 Å². The van der Waals surface area contributed by atoms with Crippen molar-refractivity contribution in [3.63, 3.8) is 0 Å². The molecule has 0 N–H and O–H groups in total. The lowest BCUT2D eigenvalue weighted by molar-refractivity contribution is -0.132. The Hall–Kier alpha value is -1.36. The number of nitrogens with zero attached hydrogens (tertiary/aromatic N) is 2. The van der Waals surface area contributed by atoms with Crippen molar-refractivity contribution in [1.29, 1.82) is 0 Å². The van der Waals surface area contributed by atoms with Gasteiger partial charge in [0.15, 0.2) is 0 Å². The number of thiophene rings is 1. The fraction of sp³-hybridized carbons (Fsp3) is 0.500. The molecule has 2 heterocycles. The van der Waals surface area contributed by atoms with Crippen molar-refractivity contribution in [2.75, 3.05) is 26.2 Å². The standard InChI is InChI=1S/C12H16N2O2S/c1-2-11(15)13-5-7-14(8-6-13)12(16)10-4-3-9-17-10/h3-4,9H,2,5-8H2,1H3. The average Bonchev–Trinajstić information content (AvgIpc) is 2.91. The molecule has 17 heavy (non-hydrogen) atoms. The Labute approximate surface area is 105 Å². The monoisotopic (exact) mass is 252 g/mol. The van der Waals surface area contributed by atoms with Crippen LogP contribution in [0.3, 0.4) is 0 Å². The molecule has 0 aliphatic carbocycles. The van der Waals surface area contributed by atoms with Crippen LogP contribution >= 0.6 is 11.3 Å². The molecule has 0 radical (unpaired) electrons. The first-order chi connectivity index (χ1) is 8.22. The molecule has 2 rings (SSSR count). The summed E-state index contributed by atoms with van der Waals surface area (Å²) < 4.78 is 0. The predicted molar refractivity (Wildman–Crippen MR) is 67.1 cm³/mol. The topological polar surface area (TPSA) is 40.6 Å². The second kappa shape index (κ2) is 5.31. The summed E-state index contributed by atoms with van der Waals surface area (Å²) in [5.74, 6) is 0.261. The zero-order valence-electron chi connectivity index (χ0n) is 9.89. The van der Waals surface area contributed by atoms with E-state index in [1.807, 2.05) is 34.2 Å². The van der Waals surface area contributed by atoms with Gasteiger partial charge in [-0.3, -0.25) is 9.59 Å². The van der Waals surface area contributed by atoms with Crippen LogP contribution in [0.2, 0.25) is 0 Å². The smallest absolute Gasteiger partial charge is 0.264 e. The Balaban J connectivity index is 1.91. The van der Waals surface area contributed by atoms with E-state index in [1.54, 1.807) is 0 Å². The molecule has 4 nitrogen and oxygen atoms in total. The molecule has 1 aromatic heterocycles. The first-order valence-corrected chi connectivity index (χ1v) is 6.71. The molecule has 1 aromatic rings. The van der Waals surface area contributed by atoms with Crippen LogP contribution in [0, 0.1) is 0 Å². The normalized spacial score (nSPS) is 16.1. The van der Waals surface area contributed by atoms with Gasteiger partial charge < -0.3 is 9.80 Å². The Morgan fingerprint density at radius 1 is 1.24 bits per heavy atom. The molecule has 0 bridgehead atoms. The minimum Gasteiger partial charge on any atom is -0.339 e. The molecule has 0 atom stereocenters. The maximum atomic E-state index is 12.0. The maximum Gasteiger partial charge on any atom is 0.264 e. The van der Waals surface area contributed by atoms with Gasteiger partial charge in [-0.1, -0.05) is 13.0 Å². The van der Waals surface area contributed by atoms with E-state index in [9.17, 15) is 9.59 Å². The van der Waals surface area contributed by atoms with Crippen LogP contribution in [0.1, 0.15) is 23.0 Å². The fourth-order valence-electron chi connectivity index (χ4n) is 1.94. The van der Waals surface area contributed by atoms with Crippen LogP contribution in [0.15, 0.2) is 17.5 Å². The van der Waals surface area contributed by atoms with E-state index in [4.69, 9.17) is 0 Å². The van der Waals surface area contributed by atoms with Gasteiger partial charge in [-0.05, 0) is 11.4 Å². The van der Waals surface area contributed by atoms with Crippen LogP contribution in [-0.4, -0.2) is 47.8 Å². The Morgan fingerprint density at radius 2 is 1.88 bits per heavy atom. The molecule has 2 amide bonds. The highest BCUT2D eigenvalue weighted by Gasteiger charge is 2.24. The van der Waals surface area contributed by atoms with Gasteiger partial charge in [0, 0.05) is 32.6 Å². The van der Waals surface area contributed by atoms with Crippen LogP contribution in [0.4, 0.5) is 0 Å². The lowest BCUT2D eigenvalue weighted by Gasteiger charge is -2.34. The van der Waals surface area contributed by atoms with Crippen molar-refractivity contribution < 1.29 is 9.59 Å². The summed E-state index contributed by atoms with van der Waals surface area (Å²) in [7, 11) is 0. The van der Waals surface area contributed by atoms with Crippen molar-refractivity contribution in [3.05, 3.63) is 22.4 Å². The van der Waals surface area contributed by atoms with E-state index in [0.29, 0.717) is 32.6 Å². The quantitative estimate of drug-likeness (QED) is 0.799. The number of amides is 2. The highest BCUT2D eigenvalue weighted by Crippen LogP contribution is 2.14. The van der Waals surface area contributed by atoms with Crippen molar-refractivity contribution in [2.45, 2.75) is 13.3 Å². The van der Waals surface area contributed by atoms with Gasteiger partial charge in [0.1, 0.15) is 0 Å². The van der Waals surface area contributed by atoms with Crippen molar-refractivity contribution >= 4 is 23.2 Å². The molecular weight excluding hydrogens is 236 g/mol. The van der Waals surface area contributed by atoms with Crippen molar-refractivity contribution in [1.82, 2.24) is 9.80 Å². The van der Waals surface area contributed by atoms with E-state index in [2.05, 4.69) is 0 Å². The highest BCUT2D eigenvalue weighted by atomic mass is 32.1. The van der Waals surface area contributed by atoms with Gasteiger partial charge in [-0.25, -0.2) is 0 Å². The van der Waals surface area contributed by atoms with Gasteiger partial charge in [-0.2, -0.15) is 0 Å². The minimum atomic E-state index is 0.0867. The summed E-state index contributed by atoms with van der Waals surface area (Å²) in [4.78, 5) is 28.0. The van der Waals surface area contributed by atoms with Crippen LogP contribution in [-0.2, 0) is 4.79 Å². The maximum absolute atomic E-state index is 12.0. The molecule has 1 aliphatic heterocycles. The Morgan fingerprint density at radius 3 is 2.41 bits per heavy atom. The Kier molecular flexibility index (Phi) is 3.78. The summed E-state index contributed by atoms with van der Waals surface area (Å²) in [5.41, 5.74) is 0. The molecule has 92 valence electrons. The zero-order valence-corrected chi connectivity index (χ0v) is 10.7. The molecule has 5 heteroatoms. The number of carbonyl (C=O) groups is 2. The number of hydrogen-bond acceptors (Lipinski definition) is 3.